The lowest BCUT2D eigenvalue weighted by Crippen LogP contribution is -1.97. The second-order valence-electron chi connectivity index (χ2n) is 5.62. The Balaban J connectivity index is 2.61. The summed E-state index contributed by atoms with van der Waals surface area (Å²) in [6, 6.07) is 4.87. The fourth-order valence-electron chi connectivity index (χ4n) is 2.58. The first-order chi connectivity index (χ1) is 8.69. The van der Waals surface area contributed by atoms with Crippen molar-refractivity contribution in [3.63, 3.8) is 0 Å². The van der Waals surface area contributed by atoms with E-state index in [1.165, 1.54) is 62.5 Å². The molecule has 0 amide bonds. The normalized spacial score (nSPS) is 10.9. The minimum absolute atomic E-state index is 1.25. The van der Waals surface area contributed by atoms with Gasteiger partial charge in [-0.15, -0.1) is 0 Å². The first-order valence-electron chi connectivity index (χ1n) is 7.78. The third-order valence-electron chi connectivity index (χ3n) is 3.89. The first-order valence-corrected chi connectivity index (χ1v) is 7.78. The number of hydrogen-bond acceptors (Lipinski definition) is 0. The Kier molecular flexibility index (Phi) is 7.08. The van der Waals surface area contributed by atoms with Gasteiger partial charge in [-0.25, -0.2) is 0 Å². The Bertz CT molecular complexity index is 349. The lowest BCUT2D eigenvalue weighted by atomic mass is 9.94. The highest BCUT2D eigenvalue weighted by Gasteiger charge is 2.04. The van der Waals surface area contributed by atoms with E-state index >= 15 is 0 Å². The quantitative estimate of drug-likeness (QED) is 0.511. The maximum atomic E-state index is 2.44. The smallest absolute Gasteiger partial charge is 0.0276 e. The summed E-state index contributed by atoms with van der Waals surface area (Å²) in [5.74, 6) is 0. The summed E-state index contributed by atoms with van der Waals surface area (Å²) >= 11 is 0. The predicted molar refractivity (Wildman–Crippen MR) is 82.4 cm³/mol. The van der Waals surface area contributed by atoms with Crippen molar-refractivity contribution in [2.45, 2.75) is 79.1 Å². The van der Waals surface area contributed by atoms with Crippen molar-refractivity contribution in [3.05, 3.63) is 34.4 Å². The molecule has 0 spiro atoms. The van der Waals surface area contributed by atoms with Crippen LogP contribution in [0, 0.1) is 13.8 Å². The van der Waals surface area contributed by atoms with E-state index in [0.717, 1.165) is 0 Å². The topological polar surface area (TPSA) is 0 Å². The second kappa shape index (κ2) is 8.34. The minimum Gasteiger partial charge on any atom is -0.0654 e. The monoisotopic (exact) mass is 246 g/mol. The van der Waals surface area contributed by atoms with Crippen molar-refractivity contribution < 1.29 is 0 Å². The van der Waals surface area contributed by atoms with Crippen LogP contribution in [0.4, 0.5) is 0 Å². The molecule has 1 aromatic rings. The molecular formula is C18H30. The molecule has 0 heteroatoms. The lowest BCUT2D eigenvalue weighted by Gasteiger charge is -2.12. The molecule has 0 aliphatic carbocycles. The third kappa shape index (κ3) is 4.84. The molecule has 1 rings (SSSR count). The molecule has 0 aliphatic rings. The molecule has 18 heavy (non-hydrogen) atoms. The largest absolute Gasteiger partial charge is 0.0654 e. The van der Waals surface area contributed by atoms with Gasteiger partial charge in [-0.1, -0.05) is 51.7 Å². The van der Waals surface area contributed by atoms with Gasteiger partial charge in [0.1, 0.15) is 0 Å². The lowest BCUT2D eigenvalue weighted by molar-refractivity contribution is 0.665. The summed E-state index contributed by atoms with van der Waals surface area (Å²) < 4.78 is 0. The van der Waals surface area contributed by atoms with Crippen LogP contribution in [-0.2, 0) is 12.8 Å². The van der Waals surface area contributed by atoms with E-state index in [4.69, 9.17) is 0 Å². The Morgan fingerprint density at radius 3 is 1.67 bits per heavy atom. The van der Waals surface area contributed by atoms with Gasteiger partial charge in [-0.3, -0.25) is 0 Å². The summed E-state index contributed by atoms with van der Waals surface area (Å²) in [5, 5.41) is 0. The summed E-state index contributed by atoms with van der Waals surface area (Å²) in [6.45, 7) is 9.10. The second-order valence-corrected chi connectivity index (χ2v) is 5.62. The molecule has 0 heterocycles. The van der Waals surface area contributed by atoms with Crippen LogP contribution < -0.4 is 0 Å². The summed E-state index contributed by atoms with van der Waals surface area (Å²) in [5.41, 5.74) is 6.14. The van der Waals surface area contributed by atoms with Crippen molar-refractivity contribution in [2.24, 2.45) is 0 Å². The molecule has 1 aromatic carbocycles. The van der Waals surface area contributed by atoms with Gasteiger partial charge in [0.2, 0.25) is 0 Å². The van der Waals surface area contributed by atoms with Gasteiger partial charge >= 0.3 is 0 Å². The highest BCUT2D eigenvalue weighted by atomic mass is 14.1. The minimum atomic E-state index is 1.25. The van der Waals surface area contributed by atoms with E-state index in [1.807, 2.05) is 0 Å². The average molecular weight is 246 g/mol. The fraction of sp³-hybridized carbons (Fsp3) is 0.667. The van der Waals surface area contributed by atoms with Gasteiger partial charge in [0.15, 0.2) is 0 Å². The fourth-order valence-corrected chi connectivity index (χ4v) is 2.58. The van der Waals surface area contributed by atoms with E-state index < -0.39 is 0 Å². The molecule has 0 saturated carbocycles. The van der Waals surface area contributed by atoms with Crippen molar-refractivity contribution in [1.29, 1.82) is 0 Å². The van der Waals surface area contributed by atoms with Crippen LogP contribution in [0.25, 0.3) is 0 Å². The zero-order valence-electron chi connectivity index (χ0n) is 12.8. The first kappa shape index (κ1) is 15.3. The van der Waals surface area contributed by atoms with Crippen molar-refractivity contribution in [2.75, 3.05) is 0 Å². The van der Waals surface area contributed by atoms with E-state index in [2.05, 4.69) is 39.8 Å². The van der Waals surface area contributed by atoms with Crippen LogP contribution in [-0.4, -0.2) is 0 Å². The predicted octanol–water partition coefficient (Wildman–Crippen LogP) is 5.77. The molecular weight excluding hydrogens is 216 g/mol. The van der Waals surface area contributed by atoms with Gasteiger partial charge in [-0.2, -0.15) is 0 Å². The van der Waals surface area contributed by atoms with Crippen molar-refractivity contribution in [1.82, 2.24) is 0 Å². The Morgan fingerprint density at radius 1 is 0.667 bits per heavy atom. The number of unbranched alkanes of at least 4 members (excludes halogenated alkanes) is 4. The Hall–Kier alpha value is -0.780. The maximum Gasteiger partial charge on any atom is -0.0276 e. The van der Waals surface area contributed by atoms with Gasteiger partial charge < -0.3 is 0 Å². The van der Waals surface area contributed by atoms with Crippen LogP contribution in [0.15, 0.2) is 12.1 Å². The molecule has 0 N–H and O–H groups in total. The zero-order chi connectivity index (χ0) is 13.4. The van der Waals surface area contributed by atoms with Crippen LogP contribution in [0.5, 0.6) is 0 Å². The van der Waals surface area contributed by atoms with Gasteiger partial charge in [-0.05, 0) is 61.8 Å². The van der Waals surface area contributed by atoms with Gasteiger partial charge in [0.25, 0.3) is 0 Å². The number of benzene rings is 1. The van der Waals surface area contributed by atoms with E-state index in [9.17, 15) is 0 Å². The number of hydrogen-bond donors (Lipinski definition) is 0. The molecule has 0 unspecified atom stereocenters. The molecule has 0 saturated heterocycles. The number of aryl methyl sites for hydroxylation is 4. The van der Waals surface area contributed by atoms with Crippen LogP contribution in [0.2, 0.25) is 0 Å². The van der Waals surface area contributed by atoms with Crippen molar-refractivity contribution >= 4 is 0 Å². The molecule has 0 nitrogen and oxygen atoms in total. The molecule has 0 bridgehead atoms. The molecule has 0 atom stereocenters. The van der Waals surface area contributed by atoms with E-state index in [0.29, 0.717) is 0 Å². The van der Waals surface area contributed by atoms with Crippen molar-refractivity contribution in [3.8, 4) is 0 Å². The molecule has 0 fully saturated rings. The molecule has 0 radical (unpaired) electrons. The van der Waals surface area contributed by atoms with E-state index in [-0.39, 0.29) is 0 Å². The molecule has 102 valence electrons. The Morgan fingerprint density at radius 2 is 1.17 bits per heavy atom. The van der Waals surface area contributed by atoms with Crippen LogP contribution in [0.1, 0.15) is 74.6 Å². The van der Waals surface area contributed by atoms with Gasteiger partial charge in [0, 0.05) is 0 Å². The summed E-state index contributed by atoms with van der Waals surface area (Å²) in [7, 11) is 0. The van der Waals surface area contributed by atoms with Crippen LogP contribution >= 0.6 is 0 Å². The summed E-state index contributed by atoms with van der Waals surface area (Å²) in [6.07, 6.45) is 10.6. The van der Waals surface area contributed by atoms with Gasteiger partial charge in [0.05, 0.1) is 0 Å². The van der Waals surface area contributed by atoms with Crippen LogP contribution in [0.3, 0.4) is 0 Å². The molecule has 0 aliphatic heterocycles. The SMILES string of the molecule is CCCCCCc1cc(C)c(CCCC)cc1C. The Labute approximate surface area is 114 Å². The standard InChI is InChI=1S/C18H30/c1-5-7-9-10-12-18-14-15(3)17(11-8-6-2)13-16(18)4/h13-14H,5-12H2,1-4H3. The average Bonchev–Trinajstić information content (AvgIpc) is 2.36. The zero-order valence-corrected chi connectivity index (χ0v) is 12.8. The molecule has 0 aromatic heterocycles. The highest BCUT2D eigenvalue weighted by Crippen LogP contribution is 2.20. The number of rotatable bonds is 8. The third-order valence-corrected chi connectivity index (χ3v) is 3.89. The maximum absolute atomic E-state index is 2.44. The highest BCUT2D eigenvalue weighted by molar-refractivity contribution is 5.37. The summed E-state index contributed by atoms with van der Waals surface area (Å²) in [4.78, 5) is 0. The van der Waals surface area contributed by atoms with E-state index in [1.54, 1.807) is 11.1 Å².